The maximum Gasteiger partial charge on any atom is 0.225 e. The first-order valence-corrected chi connectivity index (χ1v) is 5.50. The quantitative estimate of drug-likeness (QED) is 0.788. The predicted molar refractivity (Wildman–Crippen MR) is 60.9 cm³/mol. The molecule has 0 saturated carbocycles. The second kappa shape index (κ2) is 4.14. The lowest BCUT2D eigenvalue weighted by atomic mass is 10.1. The Hall–Kier alpha value is -1.16. The van der Waals surface area contributed by atoms with E-state index in [1.165, 1.54) is 0 Å². The maximum absolute atomic E-state index is 5.86. The van der Waals surface area contributed by atoms with Crippen molar-refractivity contribution in [3.63, 3.8) is 0 Å². The molecule has 0 aliphatic carbocycles. The zero-order valence-electron chi connectivity index (χ0n) is 9.35. The van der Waals surface area contributed by atoms with Crippen LogP contribution in [0.4, 0.5) is 5.95 Å². The van der Waals surface area contributed by atoms with Crippen LogP contribution >= 0.6 is 0 Å². The molecule has 82 valence electrons. The van der Waals surface area contributed by atoms with E-state index in [4.69, 9.17) is 5.73 Å². The van der Waals surface area contributed by atoms with Gasteiger partial charge in [-0.15, -0.1) is 0 Å². The van der Waals surface area contributed by atoms with E-state index in [9.17, 15) is 0 Å². The molecule has 2 rings (SSSR count). The largest absolute Gasteiger partial charge is 0.339 e. The minimum Gasteiger partial charge on any atom is -0.339 e. The van der Waals surface area contributed by atoms with E-state index in [1.54, 1.807) is 0 Å². The highest BCUT2D eigenvalue weighted by molar-refractivity contribution is 5.33. The van der Waals surface area contributed by atoms with E-state index in [1.807, 2.05) is 12.3 Å². The Morgan fingerprint density at radius 1 is 1.53 bits per heavy atom. The zero-order chi connectivity index (χ0) is 10.8. The molecule has 2 N–H and O–H groups in total. The average Bonchev–Trinajstić information content (AvgIpc) is 2.65. The second-order valence-electron chi connectivity index (χ2n) is 4.43. The van der Waals surface area contributed by atoms with Crippen LogP contribution in [-0.2, 0) is 0 Å². The molecule has 1 fully saturated rings. The Morgan fingerprint density at radius 3 is 2.93 bits per heavy atom. The highest BCUT2D eigenvalue weighted by Gasteiger charge is 2.21. The van der Waals surface area contributed by atoms with E-state index >= 15 is 0 Å². The van der Waals surface area contributed by atoms with Gasteiger partial charge < -0.3 is 10.6 Å². The zero-order valence-corrected chi connectivity index (χ0v) is 9.35. The highest BCUT2D eigenvalue weighted by atomic mass is 15.3. The van der Waals surface area contributed by atoms with Gasteiger partial charge in [-0.2, -0.15) is 0 Å². The summed E-state index contributed by atoms with van der Waals surface area (Å²) in [5.41, 5.74) is 6.96. The Balaban J connectivity index is 2.18. The van der Waals surface area contributed by atoms with Crippen LogP contribution in [-0.4, -0.2) is 29.1 Å². The molecule has 1 aliphatic heterocycles. The Bertz CT molecular complexity index is 337. The third-order valence-electron chi connectivity index (χ3n) is 2.76. The summed E-state index contributed by atoms with van der Waals surface area (Å²) in [6, 6.07) is 2.25. The number of hydrogen-bond donors (Lipinski definition) is 1. The fraction of sp³-hybridized carbons (Fsp3) is 0.636. The average molecular weight is 206 g/mol. The van der Waals surface area contributed by atoms with Gasteiger partial charge in [-0.3, -0.25) is 0 Å². The molecule has 15 heavy (non-hydrogen) atoms. The third kappa shape index (κ3) is 2.26. The standard InChI is InChI=1S/C11H18N4/c1-8(2)10-3-5-13-11(14-10)15-6-4-9(12)7-15/h3,5,8-9H,4,6-7,12H2,1-2H3. The Kier molecular flexibility index (Phi) is 2.86. The highest BCUT2D eigenvalue weighted by Crippen LogP contribution is 2.17. The van der Waals surface area contributed by atoms with Gasteiger partial charge in [0.25, 0.3) is 0 Å². The lowest BCUT2D eigenvalue weighted by Gasteiger charge is -2.16. The van der Waals surface area contributed by atoms with Crippen molar-refractivity contribution in [3.05, 3.63) is 18.0 Å². The number of nitrogens with zero attached hydrogens (tertiary/aromatic N) is 3. The molecule has 1 aromatic heterocycles. The third-order valence-corrected chi connectivity index (χ3v) is 2.76. The molecule has 4 nitrogen and oxygen atoms in total. The first-order chi connectivity index (χ1) is 7.16. The van der Waals surface area contributed by atoms with E-state index in [2.05, 4.69) is 28.7 Å². The van der Waals surface area contributed by atoms with Crippen LogP contribution in [0.5, 0.6) is 0 Å². The number of rotatable bonds is 2. The molecule has 0 radical (unpaired) electrons. The predicted octanol–water partition coefficient (Wildman–Crippen LogP) is 1.14. The molecule has 1 atom stereocenters. The fourth-order valence-electron chi connectivity index (χ4n) is 1.80. The van der Waals surface area contributed by atoms with Crippen molar-refractivity contribution < 1.29 is 0 Å². The van der Waals surface area contributed by atoms with E-state index in [0.29, 0.717) is 5.92 Å². The Labute approximate surface area is 90.5 Å². The summed E-state index contributed by atoms with van der Waals surface area (Å²) in [5.74, 6) is 1.28. The number of anilines is 1. The molecule has 0 spiro atoms. The first kappa shape index (κ1) is 10.4. The molecule has 0 bridgehead atoms. The smallest absolute Gasteiger partial charge is 0.225 e. The van der Waals surface area contributed by atoms with Crippen molar-refractivity contribution in [1.82, 2.24) is 9.97 Å². The van der Waals surface area contributed by atoms with Crippen molar-refractivity contribution in [2.24, 2.45) is 5.73 Å². The summed E-state index contributed by atoms with van der Waals surface area (Å²) < 4.78 is 0. The maximum atomic E-state index is 5.86. The van der Waals surface area contributed by atoms with E-state index in [0.717, 1.165) is 31.2 Å². The fourth-order valence-corrected chi connectivity index (χ4v) is 1.80. The summed E-state index contributed by atoms with van der Waals surface area (Å²) in [4.78, 5) is 11.0. The van der Waals surface area contributed by atoms with E-state index in [-0.39, 0.29) is 6.04 Å². The van der Waals surface area contributed by atoms with Gasteiger partial charge in [-0.05, 0) is 18.4 Å². The van der Waals surface area contributed by atoms with Crippen molar-refractivity contribution >= 4 is 5.95 Å². The van der Waals surface area contributed by atoms with Crippen molar-refractivity contribution in [3.8, 4) is 0 Å². The number of nitrogens with two attached hydrogens (primary N) is 1. The van der Waals surface area contributed by atoms with Gasteiger partial charge >= 0.3 is 0 Å². The molecular weight excluding hydrogens is 188 g/mol. The SMILES string of the molecule is CC(C)c1ccnc(N2CCC(N)C2)n1. The molecule has 2 heterocycles. The molecule has 1 aliphatic rings. The van der Waals surface area contributed by atoms with Crippen LogP contribution in [0, 0.1) is 0 Å². The van der Waals surface area contributed by atoms with Gasteiger partial charge in [0.05, 0.1) is 0 Å². The van der Waals surface area contributed by atoms with Gasteiger partial charge in [-0.25, -0.2) is 9.97 Å². The molecule has 1 aromatic rings. The topological polar surface area (TPSA) is 55.0 Å². The van der Waals surface area contributed by atoms with Crippen molar-refractivity contribution in [2.45, 2.75) is 32.2 Å². The number of hydrogen-bond acceptors (Lipinski definition) is 4. The van der Waals surface area contributed by atoms with Crippen LogP contribution in [0.15, 0.2) is 12.3 Å². The molecule has 4 heteroatoms. The Morgan fingerprint density at radius 2 is 2.33 bits per heavy atom. The van der Waals surface area contributed by atoms with Gasteiger partial charge in [0.2, 0.25) is 5.95 Å². The van der Waals surface area contributed by atoms with Crippen LogP contribution in [0.2, 0.25) is 0 Å². The lowest BCUT2D eigenvalue weighted by Crippen LogP contribution is -2.27. The second-order valence-corrected chi connectivity index (χ2v) is 4.43. The van der Waals surface area contributed by atoms with Crippen LogP contribution in [0.3, 0.4) is 0 Å². The van der Waals surface area contributed by atoms with Gasteiger partial charge in [0.1, 0.15) is 0 Å². The molecule has 0 aromatic carbocycles. The van der Waals surface area contributed by atoms with Crippen LogP contribution in [0.1, 0.15) is 31.9 Å². The summed E-state index contributed by atoms with van der Waals surface area (Å²) in [6.07, 6.45) is 2.87. The summed E-state index contributed by atoms with van der Waals surface area (Å²) in [6.45, 7) is 6.13. The van der Waals surface area contributed by atoms with E-state index < -0.39 is 0 Å². The number of aromatic nitrogens is 2. The van der Waals surface area contributed by atoms with Gasteiger partial charge in [0.15, 0.2) is 0 Å². The van der Waals surface area contributed by atoms with Gasteiger partial charge in [0, 0.05) is 31.0 Å². The molecule has 1 saturated heterocycles. The lowest BCUT2D eigenvalue weighted by molar-refractivity contribution is 0.747. The summed E-state index contributed by atoms with van der Waals surface area (Å²) in [5, 5.41) is 0. The minimum absolute atomic E-state index is 0.274. The molecule has 1 unspecified atom stereocenters. The monoisotopic (exact) mass is 206 g/mol. The summed E-state index contributed by atoms with van der Waals surface area (Å²) >= 11 is 0. The van der Waals surface area contributed by atoms with Crippen molar-refractivity contribution in [1.29, 1.82) is 0 Å². The van der Waals surface area contributed by atoms with Crippen LogP contribution in [0.25, 0.3) is 0 Å². The minimum atomic E-state index is 0.274. The first-order valence-electron chi connectivity index (χ1n) is 5.50. The summed E-state index contributed by atoms with van der Waals surface area (Å²) in [7, 11) is 0. The normalized spacial score (nSPS) is 21.3. The molecule has 0 amide bonds. The molecular formula is C11H18N4. The van der Waals surface area contributed by atoms with Crippen LogP contribution < -0.4 is 10.6 Å². The van der Waals surface area contributed by atoms with Crippen molar-refractivity contribution in [2.75, 3.05) is 18.0 Å². The van der Waals surface area contributed by atoms with Gasteiger partial charge in [-0.1, -0.05) is 13.8 Å².